The molecule has 94 valence electrons. The van der Waals surface area contributed by atoms with Gasteiger partial charge in [-0.15, -0.1) is 0 Å². The summed E-state index contributed by atoms with van der Waals surface area (Å²) in [6.07, 6.45) is 1.96. The minimum Gasteiger partial charge on any atom is -0.457 e. The number of hydrogen-bond donors (Lipinski definition) is 0. The molecule has 1 aromatic rings. The summed E-state index contributed by atoms with van der Waals surface area (Å²) in [4.78, 5) is 14.1. The maximum atomic E-state index is 11.9. The quantitative estimate of drug-likeness (QED) is 0.744. The second-order valence-electron chi connectivity index (χ2n) is 4.62. The van der Waals surface area contributed by atoms with Gasteiger partial charge >= 0.3 is 5.97 Å². The van der Waals surface area contributed by atoms with Gasteiger partial charge in [0.25, 0.3) is 0 Å². The molecule has 0 N–H and O–H groups in total. The van der Waals surface area contributed by atoms with Crippen LogP contribution in [0.25, 0.3) is 0 Å². The molecule has 18 heavy (non-hydrogen) atoms. The van der Waals surface area contributed by atoms with Crippen LogP contribution >= 0.6 is 0 Å². The summed E-state index contributed by atoms with van der Waals surface area (Å²) in [5, 5.41) is 8.69. The van der Waals surface area contributed by atoms with Crippen LogP contribution in [0, 0.1) is 11.3 Å². The number of carbonyl (C=O) groups excluding carboxylic acids is 1. The van der Waals surface area contributed by atoms with Gasteiger partial charge in [0.15, 0.2) is 0 Å². The van der Waals surface area contributed by atoms with Crippen LogP contribution in [0.5, 0.6) is 0 Å². The predicted molar refractivity (Wildman–Crippen MR) is 67.1 cm³/mol. The fraction of sp³-hybridized carbons (Fsp3) is 0.429. The Hall–Kier alpha value is -1.86. The second-order valence-corrected chi connectivity index (χ2v) is 4.62. The standard InChI is InChI=1S/C14H16N2O2/c1-16-8-2-3-13(10-16)18-14(17)12-6-4-11(9-15)5-7-12/h4-7,13H,2-3,8,10H2,1H3/t13-/m1/s1. The molecule has 0 spiro atoms. The highest BCUT2D eigenvalue weighted by atomic mass is 16.5. The fourth-order valence-corrected chi connectivity index (χ4v) is 2.12. The van der Waals surface area contributed by atoms with Crippen molar-refractivity contribution in [2.24, 2.45) is 0 Å². The first-order valence-electron chi connectivity index (χ1n) is 6.09. The first kappa shape index (κ1) is 12.6. The molecule has 4 nitrogen and oxygen atoms in total. The van der Waals surface area contributed by atoms with E-state index in [-0.39, 0.29) is 12.1 Å². The highest BCUT2D eigenvalue weighted by molar-refractivity contribution is 5.89. The van der Waals surface area contributed by atoms with Crippen molar-refractivity contribution < 1.29 is 9.53 Å². The molecule has 2 rings (SSSR count). The van der Waals surface area contributed by atoms with Crippen LogP contribution in [-0.2, 0) is 4.74 Å². The Kier molecular flexibility index (Phi) is 3.96. The summed E-state index contributed by atoms with van der Waals surface area (Å²) in [7, 11) is 2.03. The van der Waals surface area contributed by atoms with E-state index >= 15 is 0 Å². The summed E-state index contributed by atoms with van der Waals surface area (Å²) in [6.45, 7) is 1.85. The lowest BCUT2D eigenvalue weighted by molar-refractivity contribution is 0.0108. The normalized spacial score (nSPS) is 20.1. The van der Waals surface area contributed by atoms with E-state index in [4.69, 9.17) is 10.00 Å². The number of nitrogens with zero attached hydrogens (tertiary/aromatic N) is 2. The van der Waals surface area contributed by atoms with Crippen molar-refractivity contribution in [3.63, 3.8) is 0 Å². The van der Waals surface area contributed by atoms with Gasteiger partial charge in [-0.05, 0) is 50.7 Å². The smallest absolute Gasteiger partial charge is 0.338 e. The monoisotopic (exact) mass is 244 g/mol. The Balaban J connectivity index is 1.96. The zero-order valence-corrected chi connectivity index (χ0v) is 10.4. The Morgan fingerprint density at radius 3 is 2.78 bits per heavy atom. The molecule has 0 saturated carbocycles. The first-order valence-corrected chi connectivity index (χ1v) is 6.09. The molecule has 1 fully saturated rings. The van der Waals surface area contributed by atoms with E-state index in [1.165, 1.54) is 0 Å². The van der Waals surface area contributed by atoms with Crippen LogP contribution in [-0.4, -0.2) is 37.1 Å². The maximum Gasteiger partial charge on any atom is 0.338 e. The Labute approximate surface area is 107 Å². The second kappa shape index (κ2) is 5.65. The van der Waals surface area contributed by atoms with Gasteiger partial charge in [0, 0.05) is 6.54 Å². The molecule has 1 aliphatic rings. The van der Waals surface area contributed by atoms with Crippen LogP contribution in [0.1, 0.15) is 28.8 Å². The molecule has 1 aromatic carbocycles. The molecule has 0 bridgehead atoms. The van der Waals surface area contributed by atoms with Crippen LogP contribution in [0.2, 0.25) is 0 Å². The third-order valence-electron chi connectivity index (χ3n) is 3.10. The molecule has 0 radical (unpaired) electrons. The number of piperidine rings is 1. The van der Waals surface area contributed by atoms with E-state index in [9.17, 15) is 4.79 Å². The summed E-state index contributed by atoms with van der Waals surface area (Å²) in [5.74, 6) is -0.306. The molecule has 0 aromatic heterocycles. The van der Waals surface area contributed by atoms with Gasteiger partial charge < -0.3 is 9.64 Å². The Bertz CT molecular complexity index is 462. The molecule has 4 heteroatoms. The summed E-state index contributed by atoms with van der Waals surface area (Å²) in [6, 6.07) is 8.54. The van der Waals surface area contributed by atoms with Gasteiger partial charge in [-0.25, -0.2) is 4.79 Å². The number of nitriles is 1. The number of likely N-dealkylation sites (tertiary alicyclic amines) is 1. The van der Waals surface area contributed by atoms with Crippen LogP contribution in [0.4, 0.5) is 0 Å². The van der Waals surface area contributed by atoms with Gasteiger partial charge in [-0.2, -0.15) is 5.26 Å². The van der Waals surface area contributed by atoms with E-state index in [0.717, 1.165) is 25.9 Å². The van der Waals surface area contributed by atoms with Crippen molar-refractivity contribution >= 4 is 5.97 Å². The van der Waals surface area contributed by atoms with Crippen molar-refractivity contribution in [2.45, 2.75) is 18.9 Å². The van der Waals surface area contributed by atoms with E-state index in [2.05, 4.69) is 4.90 Å². The van der Waals surface area contributed by atoms with Gasteiger partial charge in [-0.1, -0.05) is 0 Å². The van der Waals surface area contributed by atoms with E-state index in [0.29, 0.717) is 11.1 Å². The van der Waals surface area contributed by atoms with E-state index in [1.54, 1.807) is 24.3 Å². The highest BCUT2D eigenvalue weighted by Gasteiger charge is 2.21. The van der Waals surface area contributed by atoms with E-state index < -0.39 is 0 Å². The number of likely N-dealkylation sites (N-methyl/N-ethyl adjacent to an activating group) is 1. The maximum absolute atomic E-state index is 11.9. The van der Waals surface area contributed by atoms with Gasteiger partial charge in [0.1, 0.15) is 6.10 Å². The van der Waals surface area contributed by atoms with Crippen LogP contribution < -0.4 is 0 Å². The minimum atomic E-state index is -0.306. The lowest BCUT2D eigenvalue weighted by Gasteiger charge is -2.29. The predicted octanol–water partition coefficient (Wildman–Crippen LogP) is 1.81. The van der Waals surface area contributed by atoms with Crippen molar-refractivity contribution in [2.75, 3.05) is 20.1 Å². The summed E-state index contributed by atoms with van der Waals surface area (Å²) in [5.41, 5.74) is 1.05. The van der Waals surface area contributed by atoms with Crippen LogP contribution in [0.15, 0.2) is 24.3 Å². The molecule has 0 unspecified atom stereocenters. The average Bonchev–Trinajstić information content (AvgIpc) is 2.39. The Morgan fingerprint density at radius 1 is 1.44 bits per heavy atom. The molecular formula is C14H16N2O2. The molecule has 1 atom stereocenters. The van der Waals surface area contributed by atoms with E-state index in [1.807, 2.05) is 13.1 Å². The van der Waals surface area contributed by atoms with Crippen molar-refractivity contribution in [1.29, 1.82) is 5.26 Å². The zero-order valence-electron chi connectivity index (χ0n) is 10.4. The number of esters is 1. The van der Waals surface area contributed by atoms with Crippen molar-refractivity contribution in [3.8, 4) is 6.07 Å². The molecule has 1 saturated heterocycles. The van der Waals surface area contributed by atoms with Crippen LogP contribution in [0.3, 0.4) is 0 Å². The van der Waals surface area contributed by atoms with Crippen molar-refractivity contribution in [3.05, 3.63) is 35.4 Å². The lowest BCUT2D eigenvalue weighted by atomic mass is 10.1. The third kappa shape index (κ3) is 3.08. The minimum absolute atomic E-state index is 0.0214. The largest absolute Gasteiger partial charge is 0.457 e. The first-order chi connectivity index (χ1) is 8.69. The van der Waals surface area contributed by atoms with Crippen molar-refractivity contribution in [1.82, 2.24) is 4.90 Å². The molecule has 1 heterocycles. The molecule has 0 aliphatic carbocycles. The van der Waals surface area contributed by atoms with Gasteiger partial charge in [-0.3, -0.25) is 0 Å². The van der Waals surface area contributed by atoms with Gasteiger partial charge in [0.05, 0.1) is 17.2 Å². The Morgan fingerprint density at radius 2 is 2.17 bits per heavy atom. The highest BCUT2D eigenvalue weighted by Crippen LogP contribution is 2.14. The number of benzene rings is 1. The van der Waals surface area contributed by atoms with Gasteiger partial charge in [0.2, 0.25) is 0 Å². The average molecular weight is 244 g/mol. The third-order valence-corrected chi connectivity index (χ3v) is 3.10. The zero-order chi connectivity index (χ0) is 13.0. The molecule has 1 aliphatic heterocycles. The number of hydrogen-bond acceptors (Lipinski definition) is 4. The topological polar surface area (TPSA) is 53.3 Å². The fourth-order valence-electron chi connectivity index (χ4n) is 2.12. The molecular weight excluding hydrogens is 228 g/mol. The summed E-state index contributed by atoms with van der Waals surface area (Å²) >= 11 is 0. The molecule has 0 amide bonds. The summed E-state index contributed by atoms with van der Waals surface area (Å²) < 4.78 is 5.46. The number of rotatable bonds is 2. The number of carbonyl (C=O) groups is 1. The SMILES string of the molecule is CN1CCC[C@@H](OC(=O)c2ccc(C#N)cc2)C1. The number of ether oxygens (including phenoxy) is 1. The lowest BCUT2D eigenvalue weighted by Crippen LogP contribution is -2.38.